The lowest BCUT2D eigenvalue weighted by atomic mass is 9.89. The van der Waals surface area contributed by atoms with Gasteiger partial charge in [0.05, 0.1) is 17.8 Å². The minimum Gasteiger partial charge on any atom is -0.352 e. The number of carbonyl (C=O) groups is 1. The van der Waals surface area contributed by atoms with Crippen LogP contribution in [0.1, 0.15) is 17.7 Å². The maximum atomic E-state index is 13.0. The number of fused-ring (bicyclic) bond motifs is 4. The van der Waals surface area contributed by atoms with Gasteiger partial charge < -0.3 is 14.4 Å². The summed E-state index contributed by atoms with van der Waals surface area (Å²) < 4.78 is 2.18. The number of likely N-dealkylation sites (tertiary alicyclic amines) is 1. The quantitative estimate of drug-likeness (QED) is 0.639. The third-order valence-electron chi connectivity index (χ3n) is 5.87. The average molecular weight is 391 g/mol. The van der Waals surface area contributed by atoms with Crippen molar-refractivity contribution in [1.29, 1.82) is 0 Å². The zero-order chi connectivity index (χ0) is 19.1. The van der Waals surface area contributed by atoms with E-state index in [0.717, 1.165) is 36.6 Å². The van der Waals surface area contributed by atoms with Crippen LogP contribution in [-0.4, -0.2) is 40.0 Å². The van der Waals surface area contributed by atoms with E-state index in [0.29, 0.717) is 13.0 Å². The zero-order valence-electron chi connectivity index (χ0n) is 15.6. The maximum absolute atomic E-state index is 13.0. The molecule has 0 aliphatic carbocycles. The summed E-state index contributed by atoms with van der Waals surface area (Å²) in [6, 6.07) is 10.4. The van der Waals surface area contributed by atoms with E-state index < -0.39 is 0 Å². The van der Waals surface area contributed by atoms with Crippen molar-refractivity contribution in [2.75, 3.05) is 24.5 Å². The first-order valence-corrected chi connectivity index (χ1v) is 10.5. The molecule has 0 bridgehead atoms. The number of rotatable bonds is 4. The highest BCUT2D eigenvalue weighted by Gasteiger charge is 2.50. The Kier molecular flexibility index (Phi) is 4.09. The van der Waals surface area contributed by atoms with Crippen LogP contribution < -0.4 is 4.90 Å². The summed E-state index contributed by atoms with van der Waals surface area (Å²) in [6.07, 6.45) is 7.21. The van der Waals surface area contributed by atoms with Crippen LogP contribution in [0.3, 0.4) is 0 Å². The van der Waals surface area contributed by atoms with Gasteiger partial charge in [-0.05, 0) is 53.1 Å². The van der Waals surface area contributed by atoms with Gasteiger partial charge in [-0.2, -0.15) is 11.3 Å². The summed E-state index contributed by atoms with van der Waals surface area (Å²) in [4.78, 5) is 22.0. The van der Waals surface area contributed by atoms with E-state index in [2.05, 4.69) is 50.8 Å². The molecular formula is C22H22N4OS. The lowest BCUT2D eigenvalue weighted by molar-refractivity contribution is -0.129. The van der Waals surface area contributed by atoms with Crippen molar-refractivity contribution in [3.05, 3.63) is 77.4 Å². The van der Waals surface area contributed by atoms with Crippen molar-refractivity contribution in [3.63, 3.8) is 0 Å². The van der Waals surface area contributed by atoms with E-state index in [1.54, 1.807) is 11.3 Å². The van der Waals surface area contributed by atoms with Gasteiger partial charge >= 0.3 is 0 Å². The van der Waals surface area contributed by atoms with E-state index in [1.807, 2.05) is 34.7 Å². The SMILES string of the molecule is C=CCN1c2cccnc2-n2cccc2[C@]12CCN(C(=O)Cc1ccsc1)C2. The molecule has 5 nitrogen and oxygen atoms in total. The van der Waals surface area contributed by atoms with Crippen LogP contribution in [-0.2, 0) is 16.8 Å². The number of carbonyl (C=O) groups excluding carboxylic acids is 1. The molecule has 1 fully saturated rings. The number of nitrogens with zero attached hydrogens (tertiary/aromatic N) is 4. The van der Waals surface area contributed by atoms with Crippen molar-refractivity contribution in [3.8, 4) is 5.82 Å². The standard InChI is InChI=1S/C22H22N4OS/c1-2-10-26-18-5-3-9-23-21(18)25-11-4-6-19(25)22(26)8-12-24(16-22)20(27)14-17-7-13-28-15-17/h2-7,9,11,13,15H,1,8,10,12,14,16H2/t22-/m1/s1. The maximum Gasteiger partial charge on any atom is 0.227 e. The molecule has 0 N–H and O–H groups in total. The van der Waals surface area contributed by atoms with Crippen molar-refractivity contribution in [1.82, 2.24) is 14.5 Å². The smallest absolute Gasteiger partial charge is 0.227 e. The topological polar surface area (TPSA) is 41.4 Å². The number of aromatic nitrogens is 2. The predicted molar refractivity (Wildman–Crippen MR) is 112 cm³/mol. The number of pyridine rings is 1. The molecule has 0 saturated carbocycles. The van der Waals surface area contributed by atoms with Crippen molar-refractivity contribution in [2.45, 2.75) is 18.4 Å². The molecule has 28 heavy (non-hydrogen) atoms. The fourth-order valence-corrected chi connectivity index (χ4v) is 5.28. The highest BCUT2D eigenvalue weighted by molar-refractivity contribution is 7.08. The first kappa shape index (κ1) is 17.3. The van der Waals surface area contributed by atoms with E-state index in [1.165, 1.54) is 5.69 Å². The number of anilines is 1. The molecule has 0 unspecified atom stereocenters. The first-order valence-electron chi connectivity index (χ1n) is 9.53. The highest BCUT2D eigenvalue weighted by Crippen LogP contribution is 2.46. The first-order chi connectivity index (χ1) is 13.7. The minimum atomic E-state index is -0.252. The molecule has 1 amide bonds. The second-order valence-corrected chi connectivity index (χ2v) is 8.19. The van der Waals surface area contributed by atoms with Crippen LogP contribution in [0.5, 0.6) is 0 Å². The van der Waals surface area contributed by atoms with Crippen molar-refractivity contribution < 1.29 is 4.79 Å². The van der Waals surface area contributed by atoms with Gasteiger partial charge in [0, 0.05) is 32.0 Å². The van der Waals surface area contributed by atoms with Gasteiger partial charge in [-0.15, -0.1) is 6.58 Å². The van der Waals surface area contributed by atoms with Gasteiger partial charge in [-0.1, -0.05) is 6.08 Å². The fourth-order valence-electron chi connectivity index (χ4n) is 4.62. The van der Waals surface area contributed by atoms with Crippen molar-refractivity contribution >= 4 is 22.9 Å². The summed E-state index contributed by atoms with van der Waals surface area (Å²) in [7, 11) is 0. The molecule has 2 aliphatic rings. The summed E-state index contributed by atoms with van der Waals surface area (Å²) in [5.41, 5.74) is 3.14. The second-order valence-electron chi connectivity index (χ2n) is 7.41. The Balaban J connectivity index is 1.53. The molecule has 5 rings (SSSR count). The van der Waals surface area contributed by atoms with Gasteiger partial charge in [-0.3, -0.25) is 4.79 Å². The molecule has 3 aromatic heterocycles. The summed E-state index contributed by atoms with van der Waals surface area (Å²) >= 11 is 1.64. The Labute approximate surface area is 168 Å². The zero-order valence-corrected chi connectivity index (χ0v) is 16.4. The van der Waals surface area contributed by atoms with Crippen LogP contribution in [0.15, 0.2) is 66.1 Å². The minimum absolute atomic E-state index is 0.198. The van der Waals surface area contributed by atoms with Gasteiger partial charge in [0.1, 0.15) is 5.54 Å². The summed E-state index contributed by atoms with van der Waals surface area (Å²) in [5, 5.41) is 4.08. The number of hydrogen-bond acceptors (Lipinski definition) is 4. The molecule has 1 atom stereocenters. The Hall–Kier alpha value is -2.86. The Morgan fingerprint density at radius 1 is 1.32 bits per heavy atom. The van der Waals surface area contributed by atoms with E-state index in [4.69, 9.17) is 0 Å². The van der Waals surface area contributed by atoms with Crippen molar-refractivity contribution in [2.24, 2.45) is 0 Å². The molecule has 1 spiro atoms. The van der Waals surface area contributed by atoms with Crippen LogP contribution in [0, 0.1) is 0 Å². The molecule has 2 aliphatic heterocycles. The molecule has 3 aromatic rings. The Morgan fingerprint density at radius 3 is 3.07 bits per heavy atom. The lowest BCUT2D eigenvalue weighted by Crippen LogP contribution is -2.52. The normalized spacial score (nSPS) is 20.3. The largest absolute Gasteiger partial charge is 0.352 e. The van der Waals surface area contributed by atoms with E-state index in [9.17, 15) is 4.79 Å². The molecule has 5 heterocycles. The lowest BCUT2D eigenvalue weighted by Gasteiger charge is -2.46. The summed E-state index contributed by atoms with van der Waals surface area (Å²) in [6.45, 7) is 6.14. The summed E-state index contributed by atoms with van der Waals surface area (Å²) in [5.74, 6) is 1.14. The molecular weight excluding hydrogens is 368 g/mol. The van der Waals surface area contributed by atoms with Crippen LogP contribution in [0.4, 0.5) is 5.69 Å². The molecule has 0 radical (unpaired) electrons. The highest BCUT2D eigenvalue weighted by atomic mass is 32.1. The van der Waals surface area contributed by atoms with Crippen LogP contribution in [0.2, 0.25) is 0 Å². The van der Waals surface area contributed by atoms with Gasteiger partial charge in [0.15, 0.2) is 5.82 Å². The predicted octanol–water partition coefficient (Wildman–Crippen LogP) is 3.61. The van der Waals surface area contributed by atoms with Gasteiger partial charge in [-0.25, -0.2) is 4.98 Å². The van der Waals surface area contributed by atoms with E-state index >= 15 is 0 Å². The van der Waals surface area contributed by atoms with Gasteiger partial charge in [0.2, 0.25) is 5.91 Å². The number of thiophene rings is 1. The van der Waals surface area contributed by atoms with Crippen LogP contribution in [0.25, 0.3) is 5.82 Å². The van der Waals surface area contributed by atoms with Gasteiger partial charge in [0.25, 0.3) is 0 Å². The monoisotopic (exact) mass is 390 g/mol. The average Bonchev–Trinajstić information content (AvgIpc) is 3.46. The Bertz CT molecular complexity index is 1020. The molecule has 0 aromatic carbocycles. The Morgan fingerprint density at radius 2 is 2.25 bits per heavy atom. The third kappa shape index (κ3) is 2.52. The molecule has 1 saturated heterocycles. The third-order valence-corrected chi connectivity index (χ3v) is 6.61. The fraction of sp³-hybridized carbons (Fsp3) is 0.273. The second kappa shape index (κ2) is 6.63. The van der Waals surface area contributed by atoms with Crippen LogP contribution >= 0.6 is 11.3 Å². The molecule has 6 heteroatoms. The molecule has 142 valence electrons. The number of amides is 1. The number of hydrogen-bond donors (Lipinski definition) is 0. The van der Waals surface area contributed by atoms with E-state index in [-0.39, 0.29) is 11.4 Å².